The standard InChI is InChI=1S/C32H38BNO3/c1-29(2)17-18-30(3,4)23-19-20(13-14-22(23)29)34-24-15-16-26-27(21-11-9-10-12-25(21)35-26)28(24)33-36-31(5,6)32(7,8)37-33/h9-16,19,34H,17-18H2,1-8H3. The highest BCUT2D eigenvalue weighted by molar-refractivity contribution is 6.68. The lowest BCUT2D eigenvalue weighted by atomic mass is 9.63. The van der Waals surface area contributed by atoms with Crippen LogP contribution in [0.1, 0.15) is 79.4 Å². The van der Waals surface area contributed by atoms with Crippen molar-refractivity contribution in [1.82, 2.24) is 0 Å². The van der Waals surface area contributed by atoms with Crippen molar-refractivity contribution in [2.45, 2.75) is 90.3 Å². The van der Waals surface area contributed by atoms with E-state index in [2.05, 4.69) is 103 Å². The first kappa shape index (κ1) is 24.6. The molecule has 0 spiro atoms. The zero-order valence-corrected chi connectivity index (χ0v) is 23.4. The van der Waals surface area contributed by atoms with Gasteiger partial charge < -0.3 is 19.0 Å². The van der Waals surface area contributed by atoms with E-state index >= 15 is 0 Å². The van der Waals surface area contributed by atoms with Gasteiger partial charge in [-0.25, -0.2) is 0 Å². The predicted molar refractivity (Wildman–Crippen MR) is 154 cm³/mol. The van der Waals surface area contributed by atoms with E-state index in [9.17, 15) is 0 Å². The van der Waals surface area contributed by atoms with E-state index in [-0.39, 0.29) is 10.8 Å². The second-order valence-electron chi connectivity index (χ2n) is 13.2. The van der Waals surface area contributed by atoms with Crippen LogP contribution in [0.25, 0.3) is 21.9 Å². The van der Waals surface area contributed by atoms with Crippen LogP contribution in [0.4, 0.5) is 11.4 Å². The summed E-state index contributed by atoms with van der Waals surface area (Å²) in [5, 5.41) is 5.87. The molecule has 0 saturated carbocycles. The lowest BCUT2D eigenvalue weighted by Crippen LogP contribution is -2.41. The number of para-hydroxylation sites is 1. The third kappa shape index (κ3) is 3.81. The molecule has 0 amide bonds. The molecule has 1 aliphatic heterocycles. The fraction of sp³-hybridized carbons (Fsp3) is 0.438. The molecule has 4 aromatic rings. The molecule has 2 heterocycles. The number of benzene rings is 3. The van der Waals surface area contributed by atoms with Crippen molar-refractivity contribution < 1.29 is 13.7 Å². The average molecular weight is 495 g/mol. The molecule has 1 aromatic heterocycles. The van der Waals surface area contributed by atoms with Gasteiger partial charge in [0.2, 0.25) is 0 Å². The summed E-state index contributed by atoms with van der Waals surface area (Å²) in [5.41, 5.74) is 7.06. The molecular weight excluding hydrogens is 457 g/mol. The number of anilines is 2. The molecular formula is C32H38BNO3. The van der Waals surface area contributed by atoms with Crippen molar-refractivity contribution in [3.8, 4) is 0 Å². The number of nitrogens with one attached hydrogen (secondary N) is 1. The van der Waals surface area contributed by atoms with Crippen LogP contribution < -0.4 is 10.8 Å². The molecule has 4 nitrogen and oxygen atoms in total. The first-order chi connectivity index (χ1) is 17.3. The van der Waals surface area contributed by atoms with Crippen molar-refractivity contribution in [3.05, 3.63) is 65.7 Å². The molecule has 1 saturated heterocycles. The topological polar surface area (TPSA) is 43.6 Å². The van der Waals surface area contributed by atoms with Crippen molar-refractivity contribution in [2.24, 2.45) is 0 Å². The van der Waals surface area contributed by atoms with Gasteiger partial charge in [-0.3, -0.25) is 0 Å². The lowest BCUT2D eigenvalue weighted by molar-refractivity contribution is 0.00578. The van der Waals surface area contributed by atoms with E-state index < -0.39 is 18.3 Å². The summed E-state index contributed by atoms with van der Waals surface area (Å²) in [7, 11) is -0.523. The predicted octanol–water partition coefficient (Wildman–Crippen LogP) is 7.98. The number of rotatable bonds is 3. The molecule has 0 atom stereocenters. The highest BCUT2D eigenvalue weighted by atomic mass is 16.7. The van der Waals surface area contributed by atoms with Gasteiger partial charge in [0.25, 0.3) is 0 Å². The number of fused-ring (bicyclic) bond motifs is 4. The van der Waals surface area contributed by atoms with Crippen LogP contribution in [-0.2, 0) is 20.1 Å². The Hall–Kier alpha value is -2.76. The Labute approximate surface area is 220 Å². The molecule has 1 aliphatic carbocycles. The maximum absolute atomic E-state index is 6.60. The number of hydrogen-bond donors (Lipinski definition) is 1. The van der Waals surface area contributed by atoms with Crippen LogP contribution in [0.15, 0.2) is 59.0 Å². The largest absolute Gasteiger partial charge is 0.497 e. The van der Waals surface area contributed by atoms with Crippen molar-refractivity contribution in [3.63, 3.8) is 0 Å². The van der Waals surface area contributed by atoms with Crippen LogP contribution in [0, 0.1) is 0 Å². The van der Waals surface area contributed by atoms with Gasteiger partial charge in [-0.2, -0.15) is 0 Å². The van der Waals surface area contributed by atoms with E-state index in [1.54, 1.807) is 0 Å². The number of furan rings is 1. The van der Waals surface area contributed by atoms with Crippen LogP contribution >= 0.6 is 0 Å². The molecule has 2 aliphatic rings. The second kappa shape index (κ2) is 7.88. The van der Waals surface area contributed by atoms with Gasteiger partial charge >= 0.3 is 7.12 Å². The normalized spacial score (nSPS) is 21.4. The molecule has 192 valence electrons. The van der Waals surface area contributed by atoms with E-state index in [1.165, 1.54) is 24.0 Å². The summed E-state index contributed by atoms with van der Waals surface area (Å²) in [4.78, 5) is 0. The maximum atomic E-state index is 6.60. The van der Waals surface area contributed by atoms with Gasteiger partial charge in [0.05, 0.1) is 11.2 Å². The third-order valence-electron chi connectivity index (χ3n) is 9.20. The van der Waals surface area contributed by atoms with Crippen LogP contribution in [-0.4, -0.2) is 18.3 Å². The van der Waals surface area contributed by atoms with Gasteiger partial charge in [-0.1, -0.05) is 52.0 Å². The quantitative estimate of drug-likeness (QED) is 0.293. The fourth-order valence-corrected chi connectivity index (χ4v) is 5.98. The Bertz CT molecular complexity index is 1510. The van der Waals surface area contributed by atoms with Crippen LogP contribution in [0.2, 0.25) is 0 Å². The highest BCUT2D eigenvalue weighted by Crippen LogP contribution is 2.47. The van der Waals surface area contributed by atoms with Gasteiger partial charge in [-0.05, 0) is 92.8 Å². The summed E-state index contributed by atoms with van der Waals surface area (Å²) in [5.74, 6) is 0. The molecule has 0 bridgehead atoms. The maximum Gasteiger partial charge on any atom is 0.497 e. The van der Waals surface area contributed by atoms with E-state index in [0.717, 1.165) is 38.8 Å². The van der Waals surface area contributed by atoms with Gasteiger partial charge in [0.1, 0.15) is 11.2 Å². The zero-order chi connectivity index (χ0) is 26.4. The second-order valence-corrected chi connectivity index (χ2v) is 13.2. The fourth-order valence-electron chi connectivity index (χ4n) is 5.98. The molecule has 0 unspecified atom stereocenters. The van der Waals surface area contributed by atoms with Gasteiger partial charge in [-0.15, -0.1) is 0 Å². The third-order valence-corrected chi connectivity index (χ3v) is 9.20. The highest BCUT2D eigenvalue weighted by Gasteiger charge is 2.53. The van der Waals surface area contributed by atoms with Gasteiger partial charge in [0, 0.05) is 27.6 Å². The van der Waals surface area contributed by atoms with Crippen LogP contribution in [0.3, 0.4) is 0 Å². The van der Waals surface area contributed by atoms with Gasteiger partial charge in [0.15, 0.2) is 0 Å². The SMILES string of the molecule is CC1(C)CCC(C)(C)c2cc(Nc3ccc4oc5ccccc5c4c3B3OC(C)(C)C(C)(C)O3)ccc21. The summed E-state index contributed by atoms with van der Waals surface area (Å²) in [6, 6.07) is 19.2. The Morgan fingerprint density at radius 2 is 1.35 bits per heavy atom. The first-order valence-electron chi connectivity index (χ1n) is 13.5. The summed E-state index contributed by atoms with van der Waals surface area (Å²) >= 11 is 0. The molecule has 1 N–H and O–H groups in total. The monoisotopic (exact) mass is 495 g/mol. The molecule has 37 heavy (non-hydrogen) atoms. The Balaban J connectivity index is 1.52. The minimum atomic E-state index is -0.523. The summed E-state index contributed by atoms with van der Waals surface area (Å²) in [6.07, 6.45) is 2.39. The molecule has 3 aromatic carbocycles. The Kier molecular flexibility index (Phi) is 5.23. The minimum absolute atomic E-state index is 0.141. The summed E-state index contributed by atoms with van der Waals surface area (Å²) < 4.78 is 19.5. The van der Waals surface area contributed by atoms with Crippen molar-refractivity contribution in [2.75, 3.05) is 5.32 Å². The lowest BCUT2D eigenvalue weighted by Gasteiger charge is -2.42. The van der Waals surface area contributed by atoms with E-state index in [0.29, 0.717) is 0 Å². The molecule has 1 fully saturated rings. The first-order valence-corrected chi connectivity index (χ1v) is 13.5. The van der Waals surface area contributed by atoms with E-state index in [1.807, 2.05) is 12.1 Å². The number of hydrogen-bond acceptors (Lipinski definition) is 4. The zero-order valence-electron chi connectivity index (χ0n) is 23.4. The molecule has 5 heteroatoms. The average Bonchev–Trinajstić information content (AvgIpc) is 3.30. The van der Waals surface area contributed by atoms with E-state index in [4.69, 9.17) is 13.7 Å². The van der Waals surface area contributed by atoms with Crippen molar-refractivity contribution in [1.29, 1.82) is 0 Å². The van der Waals surface area contributed by atoms with Crippen molar-refractivity contribution >= 4 is 45.9 Å². The minimum Gasteiger partial charge on any atom is -0.456 e. The summed E-state index contributed by atoms with van der Waals surface area (Å²) in [6.45, 7) is 17.9. The van der Waals surface area contributed by atoms with Crippen LogP contribution in [0.5, 0.6) is 0 Å². The Morgan fingerprint density at radius 1 is 0.703 bits per heavy atom. The molecule has 6 rings (SSSR count). The molecule has 0 radical (unpaired) electrons. The Morgan fingerprint density at radius 3 is 2.05 bits per heavy atom. The smallest absolute Gasteiger partial charge is 0.456 e.